The normalized spacial score (nSPS) is 15.1. The van der Waals surface area contributed by atoms with E-state index in [1.54, 1.807) is 0 Å². The van der Waals surface area contributed by atoms with Crippen molar-refractivity contribution in [3.05, 3.63) is 33.4 Å². The smallest absolute Gasteiger partial charge is 0.0316 e. The molecule has 18 heavy (non-hydrogen) atoms. The van der Waals surface area contributed by atoms with Crippen LogP contribution in [0.25, 0.3) is 0 Å². The van der Waals surface area contributed by atoms with Crippen molar-refractivity contribution in [2.24, 2.45) is 11.7 Å². The largest absolute Gasteiger partial charge is 0.327 e. The van der Waals surface area contributed by atoms with Crippen molar-refractivity contribution in [2.75, 3.05) is 13.6 Å². The molecule has 0 aliphatic carbocycles. The Balaban J connectivity index is 2.51. The topological polar surface area (TPSA) is 29.3 Å². The summed E-state index contributed by atoms with van der Waals surface area (Å²) in [5.41, 5.74) is 7.47. The average molecular weight is 360 g/mol. The van der Waals surface area contributed by atoms with Crippen molar-refractivity contribution in [1.82, 2.24) is 4.90 Å². The summed E-state index contributed by atoms with van der Waals surface area (Å²) in [6, 6.07) is 9.51. The van der Waals surface area contributed by atoms with E-state index in [1.807, 2.05) is 0 Å². The van der Waals surface area contributed by atoms with Gasteiger partial charge in [-0.15, -0.1) is 0 Å². The van der Waals surface area contributed by atoms with Crippen molar-refractivity contribution in [2.45, 2.75) is 39.3 Å². The van der Waals surface area contributed by atoms with Crippen LogP contribution in [0.15, 0.2) is 24.3 Å². The molecule has 1 rings (SSSR count). The predicted molar refractivity (Wildman–Crippen MR) is 87.6 cm³/mol. The first-order chi connectivity index (χ1) is 8.41. The lowest BCUT2D eigenvalue weighted by Crippen LogP contribution is -2.32. The maximum atomic E-state index is 6.10. The number of hydrogen-bond donors (Lipinski definition) is 1. The summed E-state index contributed by atoms with van der Waals surface area (Å²) in [5.74, 6) is 0.562. The molecule has 0 fully saturated rings. The van der Waals surface area contributed by atoms with Crippen molar-refractivity contribution < 1.29 is 0 Å². The highest BCUT2D eigenvalue weighted by Gasteiger charge is 2.14. The second-order valence-corrected chi connectivity index (χ2v) is 6.65. The van der Waals surface area contributed by atoms with Gasteiger partial charge in [0, 0.05) is 15.7 Å². The van der Waals surface area contributed by atoms with Crippen molar-refractivity contribution >= 4 is 22.6 Å². The Hall–Kier alpha value is -0.130. The molecule has 0 bridgehead atoms. The third-order valence-corrected chi connectivity index (χ3v) is 4.40. The Morgan fingerprint density at radius 1 is 1.17 bits per heavy atom. The fraction of sp³-hybridized carbons (Fsp3) is 0.600. The van der Waals surface area contributed by atoms with Crippen LogP contribution in [0.4, 0.5) is 0 Å². The van der Waals surface area contributed by atoms with Gasteiger partial charge in [-0.1, -0.05) is 26.0 Å². The van der Waals surface area contributed by atoms with Gasteiger partial charge in [-0.3, -0.25) is 4.90 Å². The molecule has 0 spiro atoms. The molecular weight excluding hydrogens is 335 g/mol. The Morgan fingerprint density at radius 3 is 2.22 bits per heavy atom. The third-order valence-electron chi connectivity index (χ3n) is 3.69. The monoisotopic (exact) mass is 360 g/mol. The van der Waals surface area contributed by atoms with Crippen LogP contribution in [-0.2, 0) is 0 Å². The van der Waals surface area contributed by atoms with E-state index in [-0.39, 0.29) is 0 Å². The van der Waals surface area contributed by atoms with Gasteiger partial charge in [0.05, 0.1) is 0 Å². The third kappa shape index (κ3) is 4.86. The van der Waals surface area contributed by atoms with E-state index in [9.17, 15) is 0 Å². The highest BCUT2D eigenvalue weighted by Crippen LogP contribution is 2.20. The van der Waals surface area contributed by atoms with Crippen LogP contribution in [-0.4, -0.2) is 24.5 Å². The number of halogens is 1. The molecule has 2 N–H and O–H groups in total. The SMILES string of the molecule is CC(C)C(N)CCN(C)C(C)c1ccc(I)cc1. The molecular formula is C15H25IN2. The Labute approximate surface area is 125 Å². The van der Waals surface area contributed by atoms with E-state index in [2.05, 4.69) is 79.6 Å². The van der Waals surface area contributed by atoms with Gasteiger partial charge in [-0.2, -0.15) is 0 Å². The molecule has 1 aromatic rings. The summed E-state index contributed by atoms with van der Waals surface area (Å²) >= 11 is 2.34. The average Bonchev–Trinajstić information content (AvgIpc) is 2.35. The summed E-state index contributed by atoms with van der Waals surface area (Å²) < 4.78 is 1.29. The van der Waals surface area contributed by atoms with E-state index in [4.69, 9.17) is 5.73 Å². The van der Waals surface area contributed by atoms with Gasteiger partial charge in [-0.05, 0) is 73.1 Å². The standard InChI is InChI=1S/C15H25IN2/c1-11(2)15(17)9-10-18(4)12(3)13-5-7-14(16)8-6-13/h5-8,11-12,15H,9-10,17H2,1-4H3. The van der Waals surface area contributed by atoms with Gasteiger partial charge in [-0.25, -0.2) is 0 Å². The quantitative estimate of drug-likeness (QED) is 0.785. The molecule has 0 aliphatic rings. The maximum absolute atomic E-state index is 6.10. The van der Waals surface area contributed by atoms with Crippen LogP contribution in [0.5, 0.6) is 0 Å². The van der Waals surface area contributed by atoms with E-state index in [1.165, 1.54) is 9.13 Å². The van der Waals surface area contributed by atoms with E-state index < -0.39 is 0 Å². The minimum atomic E-state index is 0.302. The molecule has 0 aliphatic heterocycles. The molecule has 0 amide bonds. The maximum Gasteiger partial charge on any atom is 0.0316 e. The van der Waals surface area contributed by atoms with Gasteiger partial charge in [0.15, 0.2) is 0 Å². The molecule has 0 heterocycles. The number of rotatable bonds is 6. The number of nitrogens with two attached hydrogens (primary N) is 1. The summed E-state index contributed by atoms with van der Waals surface area (Å²) in [4.78, 5) is 2.38. The molecule has 2 unspecified atom stereocenters. The molecule has 102 valence electrons. The first kappa shape index (κ1) is 15.9. The fourth-order valence-electron chi connectivity index (χ4n) is 1.88. The molecule has 0 radical (unpaired) electrons. The Morgan fingerprint density at radius 2 is 1.72 bits per heavy atom. The molecule has 2 nitrogen and oxygen atoms in total. The van der Waals surface area contributed by atoms with Crippen LogP contribution >= 0.6 is 22.6 Å². The lowest BCUT2D eigenvalue weighted by atomic mass is 10.0. The summed E-state index contributed by atoms with van der Waals surface area (Å²) in [6.45, 7) is 7.68. The number of hydrogen-bond acceptors (Lipinski definition) is 2. The highest BCUT2D eigenvalue weighted by atomic mass is 127. The van der Waals surface area contributed by atoms with Crippen molar-refractivity contribution in [1.29, 1.82) is 0 Å². The summed E-state index contributed by atoms with van der Waals surface area (Å²) in [6.07, 6.45) is 1.06. The zero-order chi connectivity index (χ0) is 13.7. The van der Waals surface area contributed by atoms with Crippen LogP contribution in [0.2, 0.25) is 0 Å². The predicted octanol–water partition coefficient (Wildman–Crippen LogP) is 3.66. The lowest BCUT2D eigenvalue weighted by molar-refractivity contribution is 0.243. The van der Waals surface area contributed by atoms with Gasteiger partial charge < -0.3 is 5.73 Å². The van der Waals surface area contributed by atoms with Crippen LogP contribution in [0, 0.1) is 9.49 Å². The van der Waals surface area contributed by atoms with E-state index >= 15 is 0 Å². The van der Waals surface area contributed by atoms with Crippen molar-refractivity contribution in [3.8, 4) is 0 Å². The highest BCUT2D eigenvalue weighted by molar-refractivity contribution is 14.1. The number of benzene rings is 1. The molecule has 3 heteroatoms. The second kappa shape index (κ2) is 7.46. The van der Waals surface area contributed by atoms with Gasteiger partial charge in [0.25, 0.3) is 0 Å². The zero-order valence-corrected chi connectivity index (χ0v) is 14.0. The fourth-order valence-corrected chi connectivity index (χ4v) is 2.24. The summed E-state index contributed by atoms with van der Waals surface area (Å²) in [7, 11) is 2.18. The minimum absolute atomic E-state index is 0.302. The van der Waals surface area contributed by atoms with Crippen LogP contribution < -0.4 is 5.73 Å². The van der Waals surface area contributed by atoms with Crippen molar-refractivity contribution in [3.63, 3.8) is 0 Å². The van der Waals surface area contributed by atoms with Gasteiger partial charge in [0.1, 0.15) is 0 Å². The molecule has 0 aromatic heterocycles. The van der Waals surface area contributed by atoms with Gasteiger partial charge in [0.2, 0.25) is 0 Å². The van der Waals surface area contributed by atoms with Crippen LogP contribution in [0.3, 0.4) is 0 Å². The lowest BCUT2D eigenvalue weighted by Gasteiger charge is -2.27. The minimum Gasteiger partial charge on any atom is -0.327 e. The Bertz CT molecular complexity index is 348. The molecule has 0 saturated carbocycles. The first-order valence-corrected chi connectivity index (χ1v) is 7.71. The molecule has 1 aromatic carbocycles. The number of nitrogens with zero attached hydrogens (tertiary/aromatic N) is 1. The first-order valence-electron chi connectivity index (χ1n) is 6.63. The molecule has 2 atom stereocenters. The van der Waals surface area contributed by atoms with Crippen LogP contribution in [0.1, 0.15) is 38.8 Å². The van der Waals surface area contributed by atoms with Gasteiger partial charge >= 0.3 is 0 Å². The van der Waals surface area contributed by atoms with E-state index in [0.717, 1.165) is 13.0 Å². The Kier molecular flexibility index (Phi) is 6.60. The van der Waals surface area contributed by atoms with E-state index in [0.29, 0.717) is 18.0 Å². The zero-order valence-electron chi connectivity index (χ0n) is 11.9. The molecule has 0 saturated heterocycles. The second-order valence-electron chi connectivity index (χ2n) is 5.40. The summed E-state index contributed by atoms with van der Waals surface area (Å²) in [5, 5.41) is 0.